The van der Waals surface area contributed by atoms with Gasteiger partial charge in [-0.3, -0.25) is 9.98 Å². The molecule has 0 spiro atoms. The van der Waals surface area contributed by atoms with Gasteiger partial charge >= 0.3 is 0 Å². The summed E-state index contributed by atoms with van der Waals surface area (Å²) >= 11 is 0. The Hall–Kier alpha value is -0.920. The van der Waals surface area contributed by atoms with Crippen molar-refractivity contribution >= 4 is 12.4 Å². The van der Waals surface area contributed by atoms with E-state index in [1.807, 2.05) is 13.1 Å². The van der Waals surface area contributed by atoms with Crippen LogP contribution in [0.5, 0.6) is 0 Å². The van der Waals surface area contributed by atoms with E-state index in [1.165, 1.54) is 0 Å². The lowest BCUT2D eigenvalue weighted by Gasteiger charge is -2.04. The van der Waals surface area contributed by atoms with Gasteiger partial charge in [0.1, 0.15) is 0 Å². The molecule has 0 radical (unpaired) electrons. The molecule has 0 aromatic rings. The highest BCUT2D eigenvalue weighted by atomic mass is 14.8. The van der Waals surface area contributed by atoms with Gasteiger partial charge in [-0.1, -0.05) is 27.7 Å². The van der Waals surface area contributed by atoms with Gasteiger partial charge in [-0.2, -0.15) is 0 Å². The molecule has 0 rings (SSSR count). The van der Waals surface area contributed by atoms with Crippen molar-refractivity contribution in [1.29, 1.82) is 0 Å². The van der Waals surface area contributed by atoms with E-state index in [4.69, 9.17) is 0 Å². The van der Waals surface area contributed by atoms with E-state index in [-0.39, 0.29) is 0 Å². The van der Waals surface area contributed by atoms with Crippen molar-refractivity contribution in [3.8, 4) is 0 Å². The van der Waals surface area contributed by atoms with Crippen LogP contribution in [0.15, 0.2) is 21.9 Å². The van der Waals surface area contributed by atoms with Gasteiger partial charge in [0.05, 0.1) is 5.70 Å². The number of hydrogen-bond donors (Lipinski definition) is 0. The Labute approximate surface area is 81.5 Å². The zero-order valence-corrected chi connectivity index (χ0v) is 9.33. The lowest BCUT2D eigenvalue weighted by Crippen LogP contribution is -2.00. The Kier molecular flexibility index (Phi) is 5.28. The molecule has 0 aliphatic carbocycles. The second-order valence-corrected chi connectivity index (χ2v) is 3.79. The number of nitrogens with zero attached hydrogens (tertiary/aromatic N) is 2. The fourth-order valence-electron chi connectivity index (χ4n) is 0.689. The third kappa shape index (κ3) is 4.61. The summed E-state index contributed by atoms with van der Waals surface area (Å²) in [5.41, 5.74) is 2.07. The van der Waals surface area contributed by atoms with Gasteiger partial charge in [0.2, 0.25) is 0 Å². The molecule has 0 heterocycles. The molecule has 0 aromatic heterocycles. The van der Waals surface area contributed by atoms with Crippen molar-refractivity contribution in [2.45, 2.75) is 34.6 Å². The highest BCUT2D eigenvalue weighted by Crippen LogP contribution is 2.10. The van der Waals surface area contributed by atoms with E-state index >= 15 is 0 Å². The van der Waals surface area contributed by atoms with Crippen LogP contribution in [-0.4, -0.2) is 12.4 Å². The maximum Gasteiger partial charge on any atom is 0.0604 e. The van der Waals surface area contributed by atoms with Gasteiger partial charge < -0.3 is 0 Å². The first kappa shape index (κ1) is 12.1. The van der Waals surface area contributed by atoms with Gasteiger partial charge in [-0.15, -0.1) is 0 Å². The third-order valence-corrected chi connectivity index (χ3v) is 2.01. The zero-order chi connectivity index (χ0) is 10.4. The molecule has 0 amide bonds. The summed E-state index contributed by atoms with van der Waals surface area (Å²) in [5.74, 6) is 0.885. The smallest absolute Gasteiger partial charge is 0.0604 e. The van der Waals surface area contributed by atoms with Gasteiger partial charge in [0.15, 0.2) is 0 Å². The summed E-state index contributed by atoms with van der Waals surface area (Å²) in [7, 11) is 0. The van der Waals surface area contributed by atoms with Crippen LogP contribution < -0.4 is 0 Å². The molecule has 0 bridgehead atoms. The maximum absolute atomic E-state index is 4.34. The minimum Gasteiger partial charge on any atom is -0.267 e. The molecule has 0 atom stereocenters. The molecule has 2 nitrogen and oxygen atoms in total. The molecule has 0 saturated carbocycles. The second kappa shape index (κ2) is 5.68. The van der Waals surface area contributed by atoms with E-state index in [9.17, 15) is 0 Å². The molecule has 0 aromatic carbocycles. The Morgan fingerprint density at radius 3 is 2.00 bits per heavy atom. The predicted molar refractivity (Wildman–Crippen MR) is 60.4 cm³/mol. The van der Waals surface area contributed by atoms with Crippen LogP contribution in [0.3, 0.4) is 0 Å². The van der Waals surface area contributed by atoms with E-state index in [0.717, 1.165) is 11.4 Å². The Balaban J connectivity index is 4.54. The summed E-state index contributed by atoms with van der Waals surface area (Å²) in [4.78, 5) is 8.26. The molecule has 13 heavy (non-hydrogen) atoms. The molecule has 0 aliphatic heterocycles. The fraction of sp³-hybridized carbons (Fsp3) is 0.636. The molecule has 0 aliphatic rings. The molecule has 74 valence electrons. The first-order valence-corrected chi connectivity index (χ1v) is 4.70. The molecular weight excluding hydrogens is 160 g/mol. The number of allylic oxidation sites excluding steroid dienone is 1. The first-order valence-electron chi connectivity index (χ1n) is 4.70. The second-order valence-electron chi connectivity index (χ2n) is 3.79. The molecule has 0 N–H and O–H groups in total. The molecule has 0 saturated heterocycles. The minimum absolute atomic E-state index is 0.390. The predicted octanol–water partition coefficient (Wildman–Crippen LogP) is 3.30. The van der Waals surface area contributed by atoms with Crippen molar-refractivity contribution in [3.05, 3.63) is 11.9 Å². The van der Waals surface area contributed by atoms with Gasteiger partial charge in [0, 0.05) is 11.9 Å². The molecule has 0 unspecified atom stereocenters. The summed E-state index contributed by atoms with van der Waals surface area (Å²) in [5, 5.41) is 0. The van der Waals surface area contributed by atoms with E-state index in [0.29, 0.717) is 11.8 Å². The highest BCUT2D eigenvalue weighted by molar-refractivity contribution is 5.84. The Bertz CT molecular complexity index is 222. The number of hydrogen-bond acceptors (Lipinski definition) is 2. The van der Waals surface area contributed by atoms with Crippen LogP contribution in [-0.2, 0) is 0 Å². The van der Waals surface area contributed by atoms with Crippen molar-refractivity contribution in [2.24, 2.45) is 21.8 Å². The topological polar surface area (TPSA) is 24.7 Å². The SMILES string of the molecule is C=N/C(=C\N=C(C)C(C)C)C(C)C. The number of aliphatic imine (C=N–C) groups is 2. The Morgan fingerprint density at radius 1 is 1.15 bits per heavy atom. The summed E-state index contributed by atoms with van der Waals surface area (Å²) in [6.45, 7) is 14.0. The average Bonchev–Trinajstić information content (AvgIpc) is 2.04. The quantitative estimate of drug-likeness (QED) is 0.593. The van der Waals surface area contributed by atoms with Crippen LogP contribution in [0.2, 0.25) is 0 Å². The van der Waals surface area contributed by atoms with Gasteiger partial charge in [-0.25, -0.2) is 0 Å². The maximum atomic E-state index is 4.34. The zero-order valence-electron chi connectivity index (χ0n) is 9.33. The molecule has 0 fully saturated rings. The van der Waals surface area contributed by atoms with Crippen LogP contribution in [0, 0.1) is 11.8 Å². The summed E-state index contributed by atoms with van der Waals surface area (Å²) < 4.78 is 0. The summed E-state index contributed by atoms with van der Waals surface area (Å²) in [6.07, 6.45) is 1.81. The van der Waals surface area contributed by atoms with Crippen molar-refractivity contribution in [3.63, 3.8) is 0 Å². The lowest BCUT2D eigenvalue weighted by atomic mass is 10.1. The third-order valence-electron chi connectivity index (χ3n) is 2.01. The van der Waals surface area contributed by atoms with Crippen LogP contribution in [0.4, 0.5) is 0 Å². The van der Waals surface area contributed by atoms with E-state index in [2.05, 4.69) is 44.4 Å². The molecule has 2 heteroatoms. The molecular formula is C11H20N2. The Morgan fingerprint density at radius 2 is 1.69 bits per heavy atom. The summed E-state index contributed by atoms with van der Waals surface area (Å²) in [6, 6.07) is 0. The number of rotatable bonds is 4. The minimum atomic E-state index is 0.390. The van der Waals surface area contributed by atoms with E-state index < -0.39 is 0 Å². The van der Waals surface area contributed by atoms with Crippen LogP contribution in [0.25, 0.3) is 0 Å². The van der Waals surface area contributed by atoms with E-state index in [1.54, 1.807) is 0 Å². The normalized spacial score (nSPS) is 14.1. The van der Waals surface area contributed by atoms with Crippen LogP contribution in [0.1, 0.15) is 34.6 Å². The lowest BCUT2D eigenvalue weighted by molar-refractivity contribution is 0.756. The monoisotopic (exact) mass is 180 g/mol. The fourth-order valence-corrected chi connectivity index (χ4v) is 0.689. The first-order chi connectivity index (χ1) is 5.99. The average molecular weight is 180 g/mol. The van der Waals surface area contributed by atoms with Crippen LogP contribution >= 0.6 is 0 Å². The van der Waals surface area contributed by atoms with Gasteiger partial charge in [-0.05, 0) is 25.5 Å². The standard InChI is InChI=1S/C11H20N2/c1-8(2)10(5)13-7-11(12-6)9(3)4/h7-9H,6H2,1-5H3/b11-7-,13-10?. The largest absolute Gasteiger partial charge is 0.267 e. The van der Waals surface area contributed by atoms with Gasteiger partial charge in [0.25, 0.3) is 0 Å². The van der Waals surface area contributed by atoms with Crippen molar-refractivity contribution < 1.29 is 0 Å². The van der Waals surface area contributed by atoms with Crippen molar-refractivity contribution in [2.75, 3.05) is 0 Å². The van der Waals surface area contributed by atoms with Crippen molar-refractivity contribution in [1.82, 2.24) is 0 Å². The highest BCUT2D eigenvalue weighted by Gasteiger charge is 2.00.